The highest BCUT2D eigenvalue weighted by Gasteiger charge is 2.41. The second-order valence-electron chi connectivity index (χ2n) is 8.04. The van der Waals surface area contributed by atoms with Crippen molar-refractivity contribution in [3.63, 3.8) is 0 Å². The Balaban J connectivity index is 1.79. The van der Waals surface area contributed by atoms with E-state index in [4.69, 9.17) is 14.2 Å². The molecule has 5 rings (SSSR count). The van der Waals surface area contributed by atoms with Crippen molar-refractivity contribution in [1.82, 2.24) is 0 Å². The van der Waals surface area contributed by atoms with Crippen LogP contribution in [-0.4, -0.2) is 14.2 Å². The number of ether oxygens (including phenoxy) is 3. The Morgan fingerprint density at radius 3 is 1.91 bits per heavy atom. The van der Waals surface area contributed by atoms with E-state index in [2.05, 4.69) is 0 Å². The van der Waals surface area contributed by atoms with Gasteiger partial charge < -0.3 is 18.8 Å². The summed E-state index contributed by atoms with van der Waals surface area (Å²) in [5.74, 6) is 2.72. The second kappa shape index (κ2) is 9.24. The lowest BCUT2D eigenvalue weighted by Crippen LogP contribution is -2.23. The molecule has 0 N–H and O–H groups in total. The van der Waals surface area contributed by atoms with E-state index in [0.717, 1.165) is 11.1 Å². The molecule has 34 heavy (non-hydrogen) atoms. The minimum atomic E-state index is -3.29. The topological polar surface area (TPSA) is 44.8 Å². The van der Waals surface area contributed by atoms with E-state index >= 15 is 4.57 Å². The van der Waals surface area contributed by atoms with E-state index in [1.807, 2.05) is 109 Å². The maximum absolute atomic E-state index is 15.4. The lowest BCUT2D eigenvalue weighted by atomic mass is 10.0. The third-order valence-electron chi connectivity index (χ3n) is 6.09. The van der Waals surface area contributed by atoms with Crippen LogP contribution in [0.5, 0.6) is 17.2 Å². The van der Waals surface area contributed by atoms with Gasteiger partial charge >= 0.3 is 0 Å². The molecule has 0 bridgehead atoms. The van der Waals surface area contributed by atoms with Gasteiger partial charge in [0.2, 0.25) is 0 Å². The van der Waals surface area contributed by atoms with Gasteiger partial charge in [0, 0.05) is 21.7 Å². The van der Waals surface area contributed by atoms with Gasteiger partial charge in [-0.2, -0.15) is 0 Å². The van der Waals surface area contributed by atoms with Crippen LogP contribution in [-0.2, 0) is 4.57 Å². The third kappa shape index (κ3) is 3.91. The van der Waals surface area contributed by atoms with E-state index in [-0.39, 0.29) is 0 Å². The highest BCUT2D eigenvalue weighted by molar-refractivity contribution is 7.79. The van der Waals surface area contributed by atoms with Gasteiger partial charge in [0.15, 0.2) is 7.14 Å². The Kier molecular flexibility index (Phi) is 6.00. The summed E-state index contributed by atoms with van der Waals surface area (Å²) in [5.41, 5.74) is 1.38. The predicted molar refractivity (Wildman–Crippen MR) is 137 cm³/mol. The summed E-state index contributed by atoms with van der Waals surface area (Å²) >= 11 is 0. The van der Waals surface area contributed by atoms with E-state index < -0.39 is 12.8 Å². The fourth-order valence-corrected chi connectivity index (χ4v) is 7.51. The Morgan fingerprint density at radius 2 is 1.29 bits per heavy atom. The molecule has 0 amide bonds. The number of methoxy groups -OCH3 is 2. The molecule has 4 aromatic carbocycles. The number of rotatable bonds is 6. The molecule has 0 spiro atoms. The van der Waals surface area contributed by atoms with Crippen LogP contribution in [0.25, 0.3) is 5.76 Å². The molecule has 4 nitrogen and oxygen atoms in total. The summed E-state index contributed by atoms with van der Waals surface area (Å²) in [5, 5.41) is 1.43. The Morgan fingerprint density at radius 1 is 0.706 bits per heavy atom. The first-order valence-corrected chi connectivity index (χ1v) is 12.8. The van der Waals surface area contributed by atoms with Gasteiger partial charge in [0.25, 0.3) is 0 Å². The van der Waals surface area contributed by atoms with Crippen LogP contribution in [0.1, 0.15) is 16.8 Å². The van der Waals surface area contributed by atoms with Crippen molar-refractivity contribution in [2.45, 2.75) is 5.66 Å². The molecule has 0 radical (unpaired) electrons. The second-order valence-corrected chi connectivity index (χ2v) is 10.9. The molecule has 1 unspecified atom stereocenters. The van der Waals surface area contributed by atoms with Crippen molar-refractivity contribution in [2.75, 3.05) is 14.2 Å². The summed E-state index contributed by atoms with van der Waals surface area (Å²) in [6.07, 6.45) is 2.00. The molecular formula is C29H25O4P. The quantitative estimate of drug-likeness (QED) is 0.317. The van der Waals surface area contributed by atoms with Crippen molar-refractivity contribution in [3.05, 3.63) is 120 Å². The number of hydrogen-bond acceptors (Lipinski definition) is 4. The molecule has 0 saturated carbocycles. The van der Waals surface area contributed by atoms with Crippen LogP contribution in [0, 0.1) is 0 Å². The number of fused-ring (bicyclic) bond motifs is 1. The minimum Gasteiger partial charge on any atom is -0.497 e. The molecule has 1 atom stereocenters. The number of hydrogen-bond donors (Lipinski definition) is 0. The lowest BCUT2D eigenvalue weighted by molar-refractivity contribution is 0.415. The molecule has 1 heterocycles. The van der Waals surface area contributed by atoms with Crippen LogP contribution in [0.15, 0.2) is 109 Å². The average Bonchev–Trinajstić information content (AvgIpc) is 2.92. The van der Waals surface area contributed by atoms with Crippen molar-refractivity contribution >= 4 is 23.5 Å². The zero-order chi connectivity index (χ0) is 23.5. The molecule has 0 fully saturated rings. The maximum atomic E-state index is 15.4. The van der Waals surface area contributed by atoms with Gasteiger partial charge in [0.05, 0.1) is 19.9 Å². The maximum Gasteiger partial charge on any atom is 0.154 e. The summed E-state index contributed by atoms with van der Waals surface area (Å²) < 4.78 is 32.7. The molecule has 170 valence electrons. The number of allylic oxidation sites excluding steroid dienone is 1. The highest BCUT2D eigenvalue weighted by Crippen LogP contribution is 2.62. The van der Waals surface area contributed by atoms with E-state index in [1.54, 1.807) is 14.2 Å². The predicted octanol–water partition coefficient (Wildman–Crippen LogP) is 6.19. The lowest BCUT2D eigenvalue weighted by Gasteiger charge is -2.32. The summed E-state index contributed by atoms with van der Waals surface area (Å²) in [4.78, 5) is 0. The van der Waals surface area contributed by atoms with Crippen LogP contribution in [0.2, 0.25) is 0 Å². The van der Waals surface area contributed by atoms with Crippen LogP contribution >= 0.6 is 7.14 Å². The van der Waals surface area contributed by atoms with E-state index in [9.17, 15) is 0 Å². The Bertz CT molecular complexity index is 1340. The van der Waals surface area contributed by atoms with E-state index in [0.29, 0.717) is 33.6 Å². The standard InChI is InChI=1S/C29H25O4P/c1-31-22-12-8-14-24(18-22)34(30,25-15-9-13-23(19-25)32-2)29-20-28(21-10-4-3-5-11-21)33-27-17-7-6-16-26(27)29/h3-20,29H,1-2H3. The van der Waals surface area contributed by atoms with Gasteiger partial charge in [-0.15, -0.1) is 0 Å². The van der Waals surface area contributed by atoms with Gasteiger partial charge in [-0.3, -0.25) is 0 Å². The fourth-order valence-electron chi connectivity index (χ4n) is 4.37. The highest BCUT2D eigenvalue weighted by atomic mass is 31.2. The van der Waals surface area contributed by atoms with Gasteiger partial charge in [0.1, 0.15) is 23.0 Å². The zero-order valence-electron chi connectivity index (χ0n) is 19.0. The Hall–Kier alpha value is -3.75. The summed E-state index contributed by atoms with van der Waals surface area (Å²) in [7, 11) is -0.0506. The summed E-state index contributed by atoms with van der Waals surface area (Å²) in [6.45, 7) is 0. The first-order chi connectivity index (χ1) is 16.6. The minimum absolute atomic E-state index is 0.438. The molecule has 4 aromatic rings. The molecule has 5 heteroatoms. The van der Waals surface area contributed by atoms with Crippen molar-refractivity contribution in [3.8, 4) is 17.2 Å². The molecule has 1 aliphatic rings. The van der Waals surface area contributed by atoms with E-state index in [1.165, 1.54) is 0 Å². The van der Waals surface area contributed by atoms with Crippen molar-refractivity contribution in [2.24, 2.45) is 0 Å². The normalized spacial score (nSPS) is 15.0. The van der Waals surface area contributed by atoms with Crippen LogP contribution in [0.3, 0.4) is 0 Å². The third-order valence-corrected chi connectivity index (χ3v) is 9.39. The molecule has 1 aliphatic heterocycles. The summed E-state index contributed by atoms with van der Waals surface area (Å²) in [6, 6.07) is 32.8. The SMILES string of the molecule is COc1cccc(P(=O)(c2cccc(OC)c2)C2C=C(c3ccccc3)Oc3ccccc32)c1. The smallest absolute Gasteiger partial charge is 0.154 e. The van der Waals surface area contributed by atoms with Crippen LogP contribution < -0.4 is 24.8 Å². The van der Waals surface area contributed by atoms with Gasteiger partial charge in [-0.25, -0.2) is 0 Å². The molecular weight excluding hydrogens is 443 g/mol. The van der Waals surface area contributed by atoms with Crippen molar-refractivity contribution < 1.29 is 18.8 Å². The number of benzene rings is 4. The fraction of sp³-hybridized carbons (Fsp3) is 0.103. The largest absolute Gasteiger partial charge is 0.497 e. The average molecular weight is 468 g/mol. The van der Waals surface area contributed by atoms with Gasteiger partial charge in [-0.1, -0.05) is 72.8 Å². The molecule has 0 saturated heterocycles. The monoisotopic (exact) mass is 468 g/mol. The number of para-hydroxylation sites is 1. The van der Waals surface area contributed by atoms with Gasteiger partial charge in [-0.05, 0) is 36.4 Å². The van der Waals surface area contributed by atoms with Crippen LogP contribution in [0.4, 0.5) is 0 Å². The first-order valence-electron chi connectivity index (χ1n) is 11.1. The Labute approximate surface area is 199 Å². The zero-order valence-corrected chi connectivity index (χ0v) is 19.9. The molecule has 0 aromatic heterocycles. The molecule has 0 aliphatic carbocycles. The first kappa shape index (κ1) is 22.1. The van der Waals surface area contributed by atoms with Crippen molar-refractivity contribution in [1.29, 1.82) is 0 Å².